The van der Waals surface area contributed by atoms with Crippen molar-refractivity contribution in [1.29, 1.82) is 0 Å². The van der Waals surface area contributed by atoms with Gasteiger partial charge >= 0.3 is 0 Å². The summed E-state index contributed by atoms with van der Waals surface area (Å²) in [4.78, 5) is 21.6. The van der Waals surface area contributed by atoms with Gasteiger partial charge in [-0.2, -0.15) is 0 Å². The van der Waals surface area contributed by atoms with E-state index in [1.807, 2.05) is 42.5 Å². The van der Waals surface area contributed by atoms with Crippen LogP contribution in [0.5, 0.6) is 11.5 Å². The van der Waals surface area contributed by atoms with Gasteiger partial charge in [-0.3, -0.25) is 4.79 Å². The number of hydrogen-bond donors (Lipinski definition) is 2. The summed E-state index contributed by atoms with van der Waals surface area (Å²) in [6, 6.07) is 20.9. The number of methoxy groups -OCH3 is 2. The van der Waals surface area contributed by atoms with Gasteiger partial charge in [0.05, 0.1) is 14.2 Å². The Morgan fingerprint density at radius 3 is 2.35 bits per heavy atom. The van der Waals surface area contributed by atoms with Crippen LogP contribution >= 0.6 is 0 Å². The van der Waals surface area contributed by atoms with Crippen molar-refractivity contribution in [3.8, 4) is 22.6 Å². The highest BCUT2D eigenvalue weighted by atomic mass is 16.5. The third-order valence-electron chi connectivity index (χ3n) is 5.34. The van der Waals surface area contributed by atoms with Crippen molar-refractivity contribution in [2.45, 2.75) is 13.5 Å². The van der Waals surface area contributed by atoms with Crippen LogP contribution in [0.3, 0.4) is 0 Å². The molecule has 0 fully saturated rings. The summed E-state index contributed by atoms with van der Waals surface area (Å²) in [7, 11) is 3.19. The summed E-state index contributed by atoms with van der Waals surface area (Å²) in [6.07, 6.45) is 3.55. The number of aryl methyl sites for hydroxylation is 1. The number of hydrogen-bond acceptors (Lipinski definition) is 6. The molecule has 2 N–H and O–H groups in total. The first kappa shape index (κ1) is 22.8. The molecule has 0 bridgehead atoms. The molecular weight excluding hydrogens is 428 g/mol. The molecule has 7 heteroatoms. The standard InChI is InChI=1S/C27H26N4O3/c1-18-7-9-19(10-8-18)22-16-29-27(30-17-22)31-23-6-4-5-20(13-23)26(32)28-15-21-14-24(33-2)11-12-25(21)34-3/h4-14,16-17H,15H2,1-3H3,(H,28,32)(H,29,30,31). The molecule has 7 nitrogen and oxygen atoms in total. The van der Waals surface area contributed by atoms with Gasteiger partial charge in [0.25, 0.3) is 5.91 Å². The van der Waals surface area contributed by atoms with Gasteiger partial charge in [0.15, 0.2) is 0 Å². The van der Waals surface area contributed by atoms with E-state index >= 15 is 0 Å². The maximum atomic E-state index is 12.8. The molecule has 0 aliphatic rings. The lowest BCUT2D eigenvalue weighted by molar-refractivity contribution is 0.0950. The second-order valence-corrected chi connectivity index (χ2v) is 7.73. The lowest BCUT2D eigenvalue weighted by Crippen LogP contribution is -2.23. The maximum absolute atomic E-state index is 12.8. The first-order chi connectivity index (χ1) is 16.6. The number of nitrogens with zero attached hydrogens (tertiary/aromatic N) is 2. The van der Waals surface area contributed by atoms with Crippen LogP contribution in [0, 0.1) is 6.92 Å². The largest absolute Gasteiger partial charge is 0.497 e. The molecule has 0 unspecified atom stereocenters. The smallest absolute Gasteiger partial charge is 0.251 e. The van der Waals surface area contributed by atoms with Gasteiger partial charge in [0, 0.05) is 41.3 Å². The Morgan fingerprint density at radius 2 is 1.65 bits per heavy atom. The van der Waals surface area contributed by atoms with E-state index in [2.05, 4.69) is 39.7 Å². The van der Waals surface area contributed by atoms with Gasteiger partial charge in [0.2, 0.25) is 5.95 Å². The van der Waals surface area contributed by atoms with Crippen LogP contribution in [0.15, 0.2) is 79.1 Å². The Hall–Kier alpha value is -4.39. The van der Waals surface area contributed by atoms with E-state index in [9.17, 15) is 4.79 Å². The number of ether oxygens (including phenoxy) is 2. The molecule has 0 saturated carbocycles. The van der Waals surface area contributed by atoms with E-state index in [1.54, 1.807) is 38.7 Å². The van der Waals surface area contributed by atoms with Crippen LogP contribution < -0.4 is 20.1 Å². The average molecular weight is 455 g/mol. The minimum atomic E-state index is -0.204. The summed E-state index contributed by atoms with van der Waals surface area (Å²) in [5.74, 6) is 1.63. The fourth-order valence-corrected chi connectivity index (χ4v) is 3.45. The minimum Gasteiger partial charge on any atom is -0.497 e. The molecule has 34 heavy (non-hydrogen) atoms. The predicted octanol–water partition coefficient (Wildman–Crippen LogP) is 5.14. The van der Waals surface area contributed by atoms with E-state index in [0.717, 1.165) is 22.4 Å². The van der Waals surface area contributed by atoms with Crippen LogP contribution in [0.1, 0.15) is 21.5 Å². The molecule has 0 spiro atoms. The number of benzene rings is 3. The monoisotopic (exact) mass is 454 g/mol. The Morgan fingerprint density at radius 1 is 0.882 bits per heavy atom. The van der Waals surface area contributed by atoms with Crippen molar-refractivity contribution in [1.82, 2.24) is 15.3 Å². The Kier molecular flexibility index (Phi) is 7.03. The summed E-state index contributed by atoms with van der Waals surface area (Å²) in [6.45, 7) is 2.36. The van der Waals surface area contributed by atoms with E-state index in [0.29, 0.717) is 29.6 Å². The lowest BCUT2D eigenvalue weighted by atomic mass is 10.1. The topological polar surface area (TPSA) is 85.4 Å². The SMILES string of the molecule is COc1ccc(OC)c(CNC(=O)c2cccc(Nc3ncc(-c4ccc(C)cc4)cn3)c2)c1. The van der Waals surface area contributed by atoms with E-state index in [1.165, 1.54) is 5.56 Å². The van der Waals surface area contributed by atoms with Gasteiger partial charge in [-0.15, -0.1) is 0 Å². The normalized spacial score (nSPS) is 10.4. The summed E-state index contributed by atoms with van der Waals surface area (Å²) >= 11 is 0. The summed E-state index contributed by atoms with van der Waals surface area (Å²) in [5.41, 5.74) is 5.26. The van der Waals surface area contributed by atoms with E-state index < -0.39 is 0 Å². The molecule has 1 amide bonds. The molecule has 3 aromatic carbocycles. The molecule has 1 aromatic heterocycles. The fraction of sp³-hybridized carbons (Fsp3) is 0.148. The third-order valence-corrected chi connectivity index (χ3v) is 5.34. The maximum Gasteiger partial charge on any atom is 0.251 e. The van der Waals surface area contributed by atoms with Crippen molar-refractivity contribution in [2.75, 3.05) is 19.5 Å². The number of carbonyl (C=O) groups excluding carboxylic acids is 1. The first-order valence-corrected chi connectivity index (χ1v) is 10.8. The fourth-order valence-electron chi connectivity index (χ4n) is 3.45. The van der Waals surface area contributed by atoms with Crippen molar-refractivity contribution in [3.05, 3.63) is 95.8 Å². The van der Waals surface area contributed by atoms with Crippen LogP contribution in [-0.4, -0.2) is 30.1 Å². The lowest BCUT2D eigenvalue weighted by Gasteiger charge is -2.12. The number of nitrogens with one attached hydrogen (secondary N) is 2. The van der Waals surface area contributed by atoms with Crippen molar-refractivity contribution < 1.29 is 14.3 Å². The van der Waals surface area contributed by atoms with Crippen molar-refractivity contribution in [2.24, 2.45) is 0 Å². The highest BCUT2D eigenvalue weighted by molar-refractivity contribution is 5.95. The van der Waals surface area contributed by atoms with Crippen LogP contribution in [0.4, 0.5) is 11.6 Å². The molecule has 4 rings (SSSR count). The van der Waals surface area contributed by atoms with Gasteiger partial charge < -0.3 is 20.1 Å². The number of carbonyl (C=O) groups is 1. The van der Waals surface area contributed by atoms with Crippen molar-refractivity contribution in [3.63, 3.8) is 0 Å². The highest BCUT2D eigenvalue weighted by Crippen LogP contribution is 2.24. The molecule has 1 heterocycles. The zero-order chi connectivity index (χ0) is 23.9. The van der Waals surface area contributed by atoms with Gasteiger partial charge in [-0.1, -0.05) is 35.9 Å². The molecule has 4 aromatic rings. The van der Waals surface area contributed by atoms with E-state index in [4.69, 9.17) is 9.47 Å². The average Bonchev–Trinajstić information content (AvgIpc) is 2.88. The number of aromatic nitrogens is 2. The highest BCUT2D eigenvalue weighted by Gasteiger charge is 2.10. The molecule has 0 atom stereocenters. The van der Waals surface area contributed by atoms with Crippen molar-refractivity contribution >= 4 is 17.5 Å². The first-order valence-electron chi connectivity index (χ1n) is 10.8. The molecule has 0 saturated heterocycles. The van der Waals surface area contributed by atoms with Crippen LogP contribution in [0.2, 0.25) is 0 Å². The third kappa shape index (κ3) is 5.50. The molecule has 0 radical (unpaired) electrons. The Balaban J connectivity index is 1.42. The quantitative estimate of drug-likeness (QED) is 0.383. The van der Waals surface area contributed by atoms with Gasteiger partial charge in [-0.25, -0.2) is 9.97 Å². The van der Waals surface area contributed by atoms with Gasteiger partial charge in [0.1, 0.15) is 11.5 Å². The summed E-state index contributed by atoms with van der Waals surface area (Å²) in [5, 5.41) is 6.08. The molecule has 0 aliphatic heterocycles. The summed E-state index contributed by atoms with van der Waals surface area (Å²) < 4.78 is 10.6. The molecule has 0 aliphatic carbocycles. The predicted molar refractivity (Wildman–Crippen MR) is 133 cm³/mol. The molecule has 172 valence electrons. The Bertz CT molecular complexity index is 1270. The number of amides is 1. The van der Waals surface area contributed by atoms with Crippen LogP contribution in [0.25, 0.3) is 11.1 Å². The minimum absolute atomic E-state index is 0.204. The van der Waals surface area contributed by atoms with E-state index in [-0.39, 0.29) is 5.91 Å². The van der Waals surface area contributed by atoms with Crippen LogP contribution in [-0.2, 0) is 6.54 Å². The zero-order valence-corrected chi connectivity index (χ0v) is 19.3. The zero-order valence-electron chi connectivity index (χ0n) is 19.3. The molecular formula is C27H26N4O3. The second-order valence-electron chi connectivity index (χ2n) is 7.73. The second kappa shape index (κ2) is 10.5. The Labute approximate surface area is 198 Å². The number of rotatable bonds is 8. The number of anilines is 2. The van der Waals surface area contributed by atoms with Gasteiger partial charge in [-0.05, 0) is 48.9 Å².